The fraction of sp³-hybridized carbons (Fsp3) is 0.895. The Morgan fingerprint density at radius 2 is 1.81 bits per heavy atom. The van der Waals surface area contributed by atoms with Crippen LogP contribution in [0.3, 0.4) is 0 Å². The van der Waals surface area contributed by atoms with Crippen LogP contribution < -0.4 is 0 Å². The molecule has 0 heterocycles. The molecule has 2 unspecified atom stereocenters. The molecule has 0 aromatic heterocycles. The quantitative estimate of drug-likeness (QED) is 0.668. The zero-order chi connectivity index (χ0) is 14.8. The summed E-state index contributed by atoms with van der Waals surface area (Å²) in [5, 5.41) is 21.3. The van der Waals surface area contributed by atoms with E-state index in [1.807, 2.05) is 0 Å². The van der Waals surface area contributed by atoms with Gasteiger partial charge in [0.05, 0.1) is 12.2 Å². The Kier molecular flexibility index (Phi) is 3.11. The summed E-state index contributed by atoms with van der Waals surface area (Å²) in [6.45, 7) is 4.75. The second-order valence-corrected chi connectivity index (χ2v) is 8.74. The number of aliphatic hydroxyl groups is 2. The van der Waals surface area contributed by atoms with E-state index in [-0.39, 0.29) is 17.6 Å². The molecule has 4 rings (SSSR count). The molecule has 0 amide bonds. The molecule has 2 heteroatoms. The van der Waals surface area contributed by atoms with Gasteiger partial charge in [-0.1, -0.05) is 31.9 Å². The molecular weight excluding hydrogens is 260 g/mol. The van der Waals surface area contributed by atoms with E-state index in [2.05, 4.69) is 19.9 Å². The van der Waals surface area contributed by atoms with E-state index in [0.29, 0.717) is 23.2 Å². The summed E-state index contributed by atoms with van der Waals surface area (Å²) in [5.41, 5.74) is 1.93. The van der Waals surface area contributed by atoms with Gasteiger partial charge in [-0.2, -0.15) is 0 Å². The minimum Gasteiger partial charge on any atom is -0.393 e. The van der Waals surface area contributed by atoms with Crippen LogP contribution in [0.2, 0.25) is 0 Å². The molecule has 4 aliphatic rings. The molecule has 118 valence electrons. The zero-order valence-corrected chi connectivity index (χ0v) is 13.5. The highest BCUT2D eigenvalue weighted by Gasteiger charge is 2.60. The topological polar surface area (TPSA) is 40.5 Å². The molecular formula is C19H30O2. The molecule has 0 saturated heterocycles. The van der Waals surface area contributed by atoms with E-state index in [4.69, 9.17) is 0 Å². The van der Waals surface area contributed by atoms with Crippen molar-refractivity contribution >= 4 is 0 Å². The predicted octanol–water partition coefficient (Wildman–Crippen LogP) is 3.67. The van der Waals surface area contributed by atoms with E-state index in [1.54, 1.807) is 5.57 Å². The summed E-state index contributed by atoms with van der Waals surface area (Å²) >= 11 is 0. The summed E-state index contributed by atoms with van der Waals surface area (Å²) in [7, 11) is 0. The van der Waals surface area contributed by atoms with Crippen LogP contribution in [-0.2, 0) is 0 Å². The van der Waals surface area contributed by atoms with Gasteiger partial charge in [-0.3, -0.25) is 0 Å². The van der Waals surface area contributed by atoms with Gasteiger partial charge in [0.2, 0.25) is 0 Å². The van der Waals surface area contributed by atoms with Gasteiger partial charge in [-0.25, -0.2) is 0 Å². The second-order valence-electron chi connectivity index (χ2n) is 8.74. The minimum atomic E-state index is -0.272. The Bertz CT molecular complexity index is 470. The molecule has 2 N–H and O–H groups in total. The maximum absolute atomic E-state index is 10.8. The molecule has 0 bridgehead atoms. The summed E-state index contributed by atoms with van der Waals surface area (Å²) in [6.07, 6.45) is 11.3. The molecule has 0 aromatic carbocycles. The van der Waals surface area contributed by atoms with Gasteiger partial charge in [-0.05, 0) is 73.5 Å². The van der Waals surface area contributed by atoms with Crippen molar-refractivity contribution in [1.82, 2.24) is 0 Å². The lowest BCUT2D eigenvalue weighted by Gasteiger charge is -2.58. The van der Waals surface area contributed by atoms with Crippen molar-refractivity contribution in [3.8, 4) is 0 Å². The molecule has 3 saturated carbocycles. The van der Waals surface area contributed by atoms with Crippen LogP contribution in [0.25, 0.3) is 0 Å². The average molecular weight is 290 g/mol. The first-order chi connectivity index (χ1) is 9.97. The first-order valence-corrected chi connectivity index (χ1v) is 9.04. The molecule has 0 aromatic rings. The third kappa shape index (κ3) is 1.78. The van der Waals surface area contributed by atoms with Crippen LogP contribution >= 0.6 is 0 Å². The van der Waals surface area contributed by atoms with Gasteiger partial charge in [-0.15, -0.1) is 0 Å². The Labute approximate surface area is 128 Å². The number of fused-ring (bicyclic) bond motifs is 5. The number of hydrogen-bond acceptors (Lipinski definition) is 2. The lowest BCUT2D eigenvalue weighted by molar-refractivity contribution is -0.101. The van der Waals surface area contributed by atoms with Crippen LogP contribution in [-0.4, -0.2) is 22.4 Å². The van der Waals surface area contributed by atoms with Crippen molar-refractivity contribution in [2.75, 3.05) is 0 Å². The van der Waals surface area contributed by atoms with E-state index >= 15 is 0 Å². The van der Waals surface area contributed by atoms with Gasteiger partial charge >= 0.3 is 0 Å². The van der Waals surface area contributed by atoms with Crippen molar-refractivity contribution in [3.05, 3.63) is 11.6 Å². The van der Waals surface area contributed by atoms with Crippen LogP contribution in [0.15, 0.2) is 11.6 Å². The summed E-state index contributed by atoms with van der Waals surface area (Å²) in [6, 6.07) is 0. The van der Waals surface area contributed by atoms with Gasteiger partial charge in [0.1, 0.15) is 0 Å². The van der Waals surface area contributed by atoms with Crippen LogP contribution in [0.5, 0.6) is 0 Å². The molecule has 4 aliphatic carbocycles. The molecule has 0 spiro atoms. The van der Waals surface area contributed by atoms with Crippen molar-refractivity contribution in [1.29, 1.82) is 0 Å². The van der Waals surface area contributed by atoms with E-state index < -0.39 is 0 Å². The zero-order valence-electron chi connectivity index (χ0n) is 13.5. The van der Waals surface area contributed by atoms with Crippen molar-refractivity contribution in [2.45, 2.75) is 77.4 Å². The largest absolute Gasteiger partial charge is 0.393 e. The first kappa shape index (κ1) is 14.3. The van der Waals surface area contributed by atoms with Gasteiger partial charge < -0.3 is 10.2 Å². The lowest BCUT2D eigenvalue weighted by atomic mass is 9.47. The number of allylic oxidation sites excluding steroid dienone is 1. The minimum absolute atomic E-state index is 0.0541. The smallest absolute Gasteiger partial charge is 0.0757 e. The first-order valence-electron chi connectivity index (χ1n) is 9.04. The Balaban J connectivity index is 1.75. The van der Waals surface area contributed by atoms with Crippen LogP contribution in [0.4, 0.5) is 0 Å². The van der Waals surface area contributed by atoms with Crippen LogP contribution in [0, 0.1) is 28.6 Å². The number of hydrogen-bond donors (Lipinski definition) is 2. The Morgan fingerprint density at radius 1 is 1.00 bits per heavy atom. The van der Waals surface area contributed by atoms with Gasteiger partial charge in [0.25, 0.3) is 0 Å². The third-order valence-corrected chi connectivity index (χ3v) is 7.99. The molecule has 0 aliphatic heterocycles. The highest BCUT2D eigenvalue weighted by Crippen LogP contribution is 2.64. The van der Waals surface area contributed by atoms with Gasteiger partial charge in [0, 0.05) is 0 Å². The highest BCUT2D eigenvalue weighted by molar-refractivity contribution is 5.27. The molecule has 0 radical (unpaired) electrons. The normalized spacial score (nSPS) is 56.2. The Morgan fingerprint density at radius 3 is 2.62 bits per heavy atom. The average Bonchev–Trinajstić information content (AvgIpc) is 2.76. The number of rotatable bonds is 0. The second kappa shape index (κ2) is 4.58. The van der Waals surface area contributed by atoms with E-state index in [1.165, 1.54) is 32.1 Å². The van der Waals surface area contributed by atoms with Crippen molar-refractivity contribution in [3.63, 3.8) is 0 Å². The maximum atomic E-state index is 10.8. The standard InChI is InChI=1S/C19H30O2/c1-18-9-4-3-5-12(18)11-15(20)17-13-6-7-16(21)19(13,2)10-8-14(17)18/h11,13-17,20-21H,3-10H2,1-2H3/t13-,14+,15?,16?,17-,18-,19-/m0/s1. The fourth-order valence-electron chi connectivity index (χ4n) is 6.66. The van der Waals surface area contributed by atoms with Gasteiger partial charge in [0.15, 0.2) is 0 Å². The monoisotopic (exact) mass is 290 g/mol. The molecule has 3 fully saturated rings. The molecule has 7 atom stereocenters. The summed E-state index contributed by atoms with van der Waals surface area (Å²) in [5.74, 6) is 1.53. The fourth-order valence-corrected chi connectivity index (χ4v) is 6.66. The third-order valence-electron chi connectivity index (χ3n) is 7.99. The van der Waals surface area contributed by atoms with Crippen molar-refractivity contribution in [2.24, 2.45) is 28.6 Å². The SMILES string of the molecule is C[C@]12CCCCC1=CC(O)[C@@H]1[C@H]2CC[C@]2(C)C(O)CC[C@@H]12. The van der Waals surface area contributed by atoms with Crippen molar-refractivity contribution < 1.29 is 10.2 Å². The summed E-state index contributed by atoms with van der Waals surface area (Å²) in [4.78, 5) is 0. The lowest BCUT2D eigenvalue weighted by Crippen LogP contribution is -2.54. The predicted molar refractivity (Wildman–Crippen MR) is 83.7 cm³/mol. The summed E-state index contributed by atoms with van der Waals surface area (Å²) < 4.78 is 0. The van der Waals surface area contributed by atoms with Crippen LogP contribution in [0.1, 0.15) is 65.2 Å². The molecule has 21 heavy (non-hydrogen) atoms. The van der Waals surface area contributed by atoms with E-state index in [9.17, 15) is 10.2 Å². The Hall–Kier alpha value is -0.340. The highest BCUT2D eigenvalue weighted by atomic mass is 16.3. The maximum Gasteiger partial charge on any atom is 0.0757 e. The molecule has 2 nitrogen and oxygen atoms in total. The van der Waals surface area contributed by atoms with E-state index in [0.717, 1.165) is 19.3 Å². The number of aliphatic hydroxyl groups excluding tert-OH is 2.